The highest BCUT2D eigenvalue weighted by molar-refractivity contribution is 5.70. The number of hydrogen-bond acceptors (Lipinski definition) is 6. The molecule has 35 heavy (non-hydrogen) atoms. The third-order valence-electron chi connectivity index (χ3n) is 4.87. The number of alkyl carbamates (subject to hydrolysis) is 2. The Morgan fingerprint density at radius 2 is 1.00 bits per heavy atom. The van der Waals surface area contributed by atoms with Crippen LogP contribution < -0.4 is 10.6 Å². The van der Waals surface area contributed by atoms with Gasteiger partial charge in [-0.1, -0.05) is 60.7 Å². The summed E-state index contributed by atoms with van der Waals surface area (Å²) in [6.45, 7) is 10.3. The van der Waals surface area contributed by atoms with Crippen molar-refractivity contribution in [1.29, 1.82) is 10.5 Å². The van der Waals surface area contributed by atoms with Crippen molar-refractivity contribution < 1.29 is 19.1 Å². The summed E-state index contributed by atoms with van der Waals surface area (Å²) < 4.78 is 10.9. The lowest BCUT2D eigenvalue weighted by Gasteiger charge is -2.37. The van der Waals surface area contributed by atoms with Gasteiger partial charge in [0, 0.05) is 0 Å². The number of ether oxygens (including phenoxy) is 2. The van der Waals surface area contributed by atoms with Gasteiger partial charge in [-0.15, -0.1) is 0 Å². The summed E-state index contributed by atoms with van der Waals surface area (Å²) in [5, 5.41) is 26.4. The minimum atomic E-state index is -1.98. The van der Waals surface area contributed by atoms with Crippen molar-refractivity contribution in [2.24, 2.45) is 5.41 Å². The van der Waals surface area contributed by atoms with E-state index in [4.69, 9.17) is 9.47 Å². The van der Waals surface area contributed by atoms with Crippen molar-refractivity contribution in [2.45, 2.75) is 64.8 Å². The number of carbonyl (C=O) groups excluding carboxylic acids is 2. The number of carbonyl (C=O) groups is 2. The standard InChI is InChI=1S/C27H32N4O4/c1-25(2,3)34-23(32)30-21(19-13-9-7-10-14-19)27(17-28,18-29)22(20-15-11-8-12-16-20)31-24(33)35-26(4,5)6/h7-16,21-22H,1-6H3,(H,30,32)(H,31,33)/t21-,22-/m0/s1. The molecule has 0 radical (unpaired) electrons. The van der Waals surface area contributed by atoms with Gasteiger partial charge in [0.1, 0.15) is 11.2 Å². The predicted octanol–water partition coefficient (Wildman–Crippen LogP) is 5.55. The Bertz CT molecular complexity index is 1000. The van der Waals surface area contributed by atoms with Gasteiger partial charge in [-0.3, -0.25) is 0 Å². The number of nitriles is 2. The lowest BCUT2D eigenvalue weighted by Crippen LogP contribution is -2.50. The van der Waals surface area contributed by atoms with E-state index in [9.17, 15) is 20.1 Å². The van der Waals surface area contributed by atoms with Crippen LogP contribution >= 0.6 is 0 Å². The number of hydrogen-bond donors (Lipinski definition) is 2. The molecule has 0 saturated carbocycles. The van der Waals surface area contributed by atoms with E-state index in [0.29, 0.717) is 11.1 Å². The average Bonchev–Trinajstić information content (AvgIpc) is 2.77. The molecule has 8 nitrogen and oxygen atoms in total. The van der Waals surface area contributed by atoms with Gasteiger partial charge in [0.2, 0.25) is 0 Å². The summed E-state index contributed by atoms with van der Waals surface area (Å²) >= 11 is 0. The third-order valence-corrected chi connectivity index (χ3v) is 4.87. The van der Waals surface area contributed by atoms with Crippen molar-refractivity contribution in [3.05, 3.63) is 71.8 Å². The first kappa shape index (κ1) is 27.2. The summed E-state index contributed by atoms with van der Waals surface area (Å²) in [5.41, 5.74) is -2.60. The Balaban J connectivity index is 2.67. The molecule has 0 aliphatic rings. The molecule has 2 aromatic carbocycles. The largest absolute Gasteiger partial charge is 0.444 e. The monoisotopic (exact) mass is 476 g/mol. The van der Waals surface area contributed by atoms with Crippen LogP contribution in [0.4, 0.5) is 9.59 Å². The first-order valence-corrected chi connectivity index (χ1v) is 11.2. The average molecular weight is 477 g/mol. The smallest absolute Gasteiger partial charge is 0.408 e. The summed E-state index contributed by atoms with van der Waals surface area (Å²) in [6, 6.07) is 19.2. The van der Waals surface area contributed by atoms with E-state index in [-0.39, 0.29) is 0 Å². The lowest BCUT2D eigenvalue weighted by molar-refractivity contribution is 0.0430. The lowest BCUT2D eigenvalue weighted by atomic mass is 9.71. The van der Waals surface area contributed by atoms with Crippen LogP contribution in [0.3, 0.4) is 0 Å². The Morgan fingerprint density at radius 1 is 0.686 bits per heavy atom. The van der Waals surface area contributed by atoms with Crippen molar-refractivity contribution in [2.75, 3.05) is 0 Å². The molecule has 0 aliphatic heterocycles. The number of benzene rings is 2. The molecule has 184 valence electrons. The molecule has 0 bridgehead atoms. The van der Waals surface area contributed by atoms with Crippen molar-refractivity contribution >= 4 is 12.2 Å². The molecule has 8 heteroatoms. The zero-order chi connectivity index (χ0) is 26.3. The Labute approximate surface area is 206 Å². The molecule has 0 heterocycles. The quantitative estimate of drug-likeness (QED) is 0.563. The van der Waals surface area contributed by atoms with Crippen LogP contribution in [0.1, 0.15) is 64.8 Å². The van der Waals surface area contributed by atoms with Crippen LogP contribution in [-0.2, 0) is 9.47 Å². The van der Waals surface area contributed by atoms with E-state index in [0.717, 1.165) is 0 Å². The fourth-order valence-corrected chi connectivity index (χ4v) is 3.51. The van der Waals surface area contributed by atoms with Crippen molar-refractivity contribution in [3.63, 3.8) is 0 Å². The maximum absolute atomic E-state index is 12.8. The molecule has 2 rings (SSSR count). The third kappa shape index (κ3) is 7.48. The maximum Gasteiger partial charge on any atom is 0.408 e. The van der Waals surface area contributed by atoms with E-state index in [1.54, 1.807) is 102 Å². The van der Waals surface area contributed by atoms with E-state index in [1.807, 2.05) is 0 Å². The van der Waals surface area contributed by atoms with Gasteiger partial charge >= 0.3 is 12.2 Å². The first-order valence-electron chi connectivity index (χ1n) is 11.2. The minimum absolute atomic E-state index is 0.494. The highest BCUT2D eigenvalue weighted by Crippen LogP contribution is 2.44. The highest BCUT2D eigenvalue weighted by Gasteiger charge is 2.51. The molecule has 0 spiro atoms. The number of nitrogens with zero attached hydrogens (tertiary/aromatic N) is 2. The summed E-state index contributed by atoms with van der Waals surface area (Å²) in [7, 11) is 0. The van der Waals surface area contributed by atoms with Gasteiger partial charge in [0.25, 0.3) is 0 Å². The van der Waals surface area contributed by atoms with Crippen LogP contribution in [0.5, 0.6) is 0 Å². The first-order chi connectivity index (χ1) is 16.3. The predicted molar refractivity (Wildman–Crippen MR) is 131 cm³/mol. The molecule has 0 fully saturated rings. The minimum Gasteiger partial charge on any atom is -0.444 e. The molecule has 0 saturated heterocycles. The van der Waals surface area contributed by atoms with E-state index < -0.39 is 40.9 Å². The zero-order valence-electron chi connectivity index (χ0n) is 21.0. The molecule has 2 aromatic rings. The maximum atomic E-state index is 12.8. The molecule has 0 aliphatic carbocycles. The van der Waals surface area contributed by atoms with Gasteiger partial charge in [-0.2, -0.15) is 10.5 Å². The van der Waals surface area contributed by atoms with Crippen LogP contribution in [0, 0.1) is 28.1 Å². The molecular weight excluding hydrogens is 444 g/mol. The fraction of sp³-hybridized carbons (Fsp3) is 0.407. The van der Waals surface area contributed by atoms with Crippen LogP contribution in [0.25, 0.3) is 0 Å². The van der Waals surface area contributed by atoms with Gasteiger partial charge in [-0.05, 0) is 52.7 Å². The normalized spacial score (nSPS) is 13.4. The van der Waals surface area contributed by atoms with E-state index in [1.165, 1.54) is 0 Å². The Morgan fingerprint density at radius 3 is 1.26 bits per heavy atom. The number of nitrogens with one attached hydrogen (secondary N) is 2. The van der Waals surface area contributed by atoms with Crippen molar-refractivity contribution in [3.8, 4) is 12.1 Å². The molecular formula is C27H32N4O4. The van der Waals surface area contributed by atoms with Gasteiger partial charge in [0.05, 0.1) is 24.2 Å². The summed E-state index contributed by atoms with van der Waals surface area (Å²) in [6.07, 6.45) is -1.60. The molecule has 0 aromatic heterocycles. The summed E-state index contributed by atoms with van der Waals surface area (Å²) in [5.74, 6) is 0. The van der Waals surface area contributed by atoms with E-state index >= 15 is 0 Å². The Hall–Kier alpha value is -4.04. The van der Waals surface area contributed by atoms with Gasteiger partial charge in [-0.25, -0.2) is 9.59 Å². The highest BCUT2D eigenvalue weighted by atomic mass is 16.6. The van der Waals surface area contributed by atoms with Crippen LogP contribution in [-0.4, -0.2) is 23.4 Å². The fourth-order valence-electron chi connectivity index (χ4n) is 3.51. The molecule has 2 N–H and O–H groups in total. The second-order valence-corrected chi connectivity index (χ2v) is 10.1. The van der Waals surface area contributed by atoms with Gasteiger partial charge < -0.3 is 20.1 Å². The van der Waals surface area contributed by atoms with Crippen LogP contribution in [0.15, 0.2) is 60.7 Å². The van der Waals surface area contributed by atoms with Gasteiger partial charge in [0.15, 0.2) is 5.41 Å². The van der Waals surface area contributed by atoms with Crippen LogP contribution in [0.2, 0.25) is 0 Å². The SMILES string of the molecule is CC(C)(C)OC(=O)N[C@@H](c1ccccc1)C(C#N)(C#N)[C@@H](NC(=O)OC(C)(C)C)c1ccccc1. The number of amides is 2. The molecule has 2 atom stereocenters. The van der Waals surface area contributed by atoms with E-state index in [2.05, 4.69) is 22.8 Å². The second kappa shape index (κ2) is 10.9. The molecule has 0 unspecified atom stereocenters. The topological polar surface area (TPSA) is 124 Å². The number of rotatable bonds is 6. The zero-order valence-corrected chi connectivity index (χ0v) is 21.0. The molecule has 2 amide bonds. The summed E-state index contributed by atoms with van der Waals surface area (Å²) in [4.78, 5) is 25.7. The van der Waals surface area contributed by atoms with Crippen molar-refractivity contribution in [1.82, 2.24) is 10.6 Å². The Kier molecular flexibility index (Phi) is 8.49. The second-order valence-electron chi connectivity index (χ2n) is 10.1.